The summed E-state index contributed by atoms with van der Waals surface area (Å²) in [5.41, 5.74) is 3.38. The summed E-state index contributed by atoms with van der Waals surface area (Å²) >= 11 is 0. The van der Waals surface area contributed by atoms with Crippen molar-refractivity contribution >= 4 is 0 Å². The normalized spacial score (nSPS) is 9.20. The summed E-state index contributed by atoms with van der Waals surface area (Å²) in [5, 5.41) is 0. The smallest absolute Gasteiger partial charge is 0.0249 e. The molecule has 1 aromatic carbocycles. The molecule has 0 aliphatic rings. The summed E-state index contributed by atoms with van der Waals surface area (Å²) in [6.45, 7) is 7.89. The Hall–Kier alpha value is -1.48. The van der Waals surface area contributed by atoms with Gasteiger partial charge < -0.3 is 0 Å². The molecular formula is C15H18. The van der Waals surface area contributed by atoms with Gasteiger partial charge in [-0.2, -0.15) is 0 Å². The lowest BCUT2D eigenvalue weighted by atomic mass is 10.1. The maximum Gasteiger partial charge on any atom is 0.0249 e. The first kappa shape index (κ1) is 11.6. The molecule has 0 amide bonds. The molecular weight excluding hydrogens is 180 g/mol. The zero-order chi connectivity index (χ0) is 11.1. The molecule has 0 heterocycles. The van der Waals surface area contributed by atoms with E-state index in [0.717, 1.165) is 11.1 Å². The molecule has 0 saturated carbocycles. The molecule has 15 heavy (non-hydrogen) atoms. The van der Waals surface area contributed by atoms with Crippen molar-refractivity contribution in [3.8, 4) is 11.8 Å². The van der Waals surface area contributed by atoms with Gasteiger partial charge in [-0.05, 0) is 43.0 Å². The van der Waals surface area contributed by atoms with Crippen LogP contribution in [0.2, 0.25) is 0 Å². The number of hydrogen-bond donors (Lipinski definition) is 0. The number of unbranched alkanes of at least 4 members (excludes halogenated alkanes) is 1. The van der Waals surface area contributed by atoms with Gasteiger partial charge in [0.05, 0.1) is 0 Å². The van der Waals surface area contributed by atoms with E-state index in [1.165, 1.54) is 24.8 Å². The highest BCUT2D eigenvalue weighted by atomic mass is 14.0. The fourth-order valence-electron chi connectivity index (χ4n) is 1.31. The van der Waals surface area contributed by atoms with Crippen molar-refractivity contribution in [3.63, 3.8) is 0 Å². The van der Waals surface area contributed by atoms with Gasteiger partial charge in [0, 0.05) is 5.56 Å². The molecule has 0 saturated heterocycles. The van der Waals surface area contributed by atoms with Gasteiger partial charge in [0.2, 0.25) is 0 Å². The number of benzene rings is 1. The molecule has 0 heteroatoms. The number of rotatable bonds is 3. The lowest BCUT2D eigenvalue weighted by Crippen LogP contribution is -1.84. The van der Waals surface area contributed by atoms with E-state index in [1.54, 1.807) is 0 Å². The Balaban J connectivity index is 2.65. The minimum absolute atomic E-state index is 0.907. The SMILES string of the molecule is C=C(C)C#Cc1ccc(CCCC)cc1. The van der Waals surface area contributed by atoms with E-state index in [2.05, 4.69) is 49.6 Å². The molecule has 0 N–H and O–H groups in total. The number of allylic oxidation sites excluding steroid dienone is 1. The van der Waals surface area contributed by atoms with Gasteiger partial charge in [0.1, 0.15) is 0 Å². The Kier molecular flexibility index (Phi) is 4.71. The van der Waals surface area contributed by atoms with Gasteiger partial charge in [-0.1, -0.05) is 43.9 Å². The van der Waals surface area contributed by atoms with Crippen LogP contribution in [0.1, 0.15) is 37.8 Å². The molecule has 0 unspecified atom stereocenters. The van der Waals surface area contributed by atoms with E-state index < -0.39 is 0 Å². The quantitative estimate of drug-likeness (QED) is 0.645. The van der Waals surface area contributed by atoms with Crippen LogP contribution in [0.5, 0.6) is 0 Å². The van der Waals surface area contributed by atoms with Crippen LogP contribution in [-0.2, 0) is 6.42 Å². The van der Waals surface area contributed by atoms with Gasteiger partial charge in [-0.15, -0.1) is 0 Å². The number of aryl methyl sites for hydroxylation is 1. The largest absolute Gasteiger partial charge is 0.0877 e. The summed E-state index contributed by atoms with van der Waals surface area (Å²) in [7, 11) is 0. The van der Waals surface area contributed by atoms with Crippen molar-refractivity contribution in [3.05, 3.63) is 47.5 Å². The molecule has 1 rings (SSSR count). The molecule has 0 fully saturated rings. The predicted molar refractivity (Wildman–Crippen MR) is 66.7 cm³/mol. The van der Waals surface area contributed by atoms with Crippen LogP contribution in [0.25, 0.3) is 0 Å². The van der Waals surface area contributed by atoms with E-state index in [1.807, 2.05) is 6.92 Å². The van der Waals surface area contributed by atoms with E-state index in [0.29, 0.717) is 0 Å². The van der Waals surface area contributed by atoms with E-state index in [9.17, 15) is 0 Å². The van der Waals surface area contributed by atoms with Crippen molar-refractivity contribution in [2.75, 3.05) is 0 Å². The minimum Gasteiger partial charge on any atom is -0.0877 e. The maximum absolute atomic E-state index is 3.75. The molecule has 78 valence electrons. The summed E-state index contributed by atoms with van der Waals surface area (Å²) in [6, 6.07) is 8.50. The molecule has 0 nitrogen and oxygen atoms in total. The molecule has 0 atom stereocenters. The molecule has 0 aromatic heterocycles. The summed E-state index contributed by atoms with van der Waals surface area (Å²) in [5.74, 6) is 6.06. The minimum atomic E-state index is 0.907. The zero-order valence-electron chi connectivity index (χ0n) is 9.64. The van der Waals surface area contributed by atoms with Crippen molar-refractivity contribution in [2.45, 2.75) is 33.1 Å². The van der Waals surface area contributed by atoms with Crippen LogP contribution in [0.3, 0.4) is 0 Å². The second kappa shape index (κ2) is 6.09. The zero-order valence-corrected chi connectivity index (χ0v) is 9.64. The van der Waals surface area contributed by atoms with Crippen LogP contribution < -0.4 is 0 Å². The second-order valence-electron chi connectivity index (χ2n) is 3.83. The monoisotopic (exact) mass is 198 g/mol. The Morgan fingerprint density at radius 2 is 1.93 bits per heavy atom. The molecule has 0 bridgehead atoms. The lowest BCUT2D eigenvalue weighted by Gasteiger charge is -1.99. The average molecular weight is 198 g/mol. The van der Waals surface area contributed by atoms with Crippen LogP contribution >= 0.6 is 0 Å². The summed E-state index contributed by atoms with van der Waals surface area (Å²) in [6.07, 6.45) is 3.68. The summed E-state index contributed by atoms with van der Waals surface area (Å²) < 4.78 is 0. The van der Waals surface area contributed by atoms with Gasteiger partial charge in [0.15, 0.2) is 0 Å². The Labute approximate surface area is 93.0 Å². The first-order valence-electron chi connectivity index (χ1n) is 5.49. The Morgan fingerprint density at radius 1 is 1.27 bits per heavy atom. The first-order valence-corrected chi connectivity index (χ1v) is 5.49. The Morgan fingerprint density at radius 3 is 2.47 bits per heavy atom. The van der Waals surface area contributed by atoms with Crippen LogP contribution in [0.15, 0.2) is 36.4 Å². The average Bonchev–Trinajstić information content (AvgIpc) is 2.25. The Bertz CT molecular complexity index is 371. The highest BCUT2D eigenvalue weighted by Crippen LogP contribution is 2.07. The van der Waals surface area contributed by atoms with Crippen molar-refractivity contribution < 1.29 is 0 Å². The van der Waals surface area contributed by atoms with Gasteiger partial charge >= 0.3 is 0 Å². The third-order valence-electron chi connectivity index (χ3n) is 2.19. The molecule has 1 aromatic rings. The molecule has 0 aliphatic heterocycles. The molecule has 0 radical (unpaired) electrons. The van der Waals surface area contributed by atoms with Gasteiger partial charge in [0.25, 0.3) is 0 Å². The third kappa shape index (κ3) is 4.51. The predicted octanol–water partition coefficient (Wildman–Crippen LogP) is 3.96. The summed E-state index contributed by atoms with van der Waals surface area (Å²) in [4.78, 5) is 0. The fourth-order valence-corrected chi connectivity index (χ4v) is 1.31. The van der Waals surface area contributed by atoms with Crippen molar-refractivity contribution in [2.24, 2.45) is 0 Å². The van der Waals surface area contributed by atoms with E-state index >= 15 is 0 Å². The highest BCUT2D eigenvalue weighted by molar-refractivity contribution is 5.40. The van der Waals surface area contributed by atoms with Crippen LogP contribution in [0.4, 0.5) is 0 Å². The fraction of sp³-hybridized carbons (Fsp3) is 0.333. The highest BCUT2D eigenvalue weighted by Gasteiger charge is 1.91. The molecule has 0 aliphatic carbocycles. The molecule has 0 spiro atoms. The van der Waals surface area contributed by atoms with Crippen LogP contribution in [-0.4, -0.2) is 0 Å². The van der Waals surface area contributed by atoms with Gasteiger partial charge in [-0.3, -0.25) is 0 Å². The topological polar surface area (TPSA) is 0 Å². The number of hydrogen-bond acceptors (Lipinski definition) is 0. The van der Waals surface area contributed by atoms with E-state index in [-0.39, 0.29) is 0 Å². The third-order valence-corrected chi connectivity index (χ3v) is 2.19. The van der Waals surface area contributed by atoms with Crippen LogP contribution in [0, 0.1) is 11.8 Å². The first-order chi connectivity index (χ1) is 7.22. The van der Waals surface area contributed by atoms with Crippen molar-refractivity contribution in [1.82, 2.24) is 0 Å². The lowest BCUT2D eigenvalue weighted by molar-refractivity contribution is 0.795. The van der Waals surface area contributed by atoms with E-state index in [4.69, 9.17) is 0 Å². The van der Waals surface area contributed by atoms with Gasteiger partial charge in [-0.25, -0.2) is 0 Å². The van der Waals surface area contributed by atoms with Crippen molar-refractivity contribution in [1.29, 1.82) is 0 Å². The second-order valence-corrected chi connectivity index (χ2v) is 3.83. The maximum atomic E-state index is 3.75. The standard InChI is InChI=1S/C15H18/c1-4-5-6-14-9-11-15(12-10-14)8-7-13(2)3/h9-12H,2,4-6H2,1,3H3.